The van der Waals surface area contributed by atoms with Gasteiger partial charge in [0.15, 0.2) is 0 Å². The maximum absolute atomic E-state index is 6.94. The van der Waals surface area contributed by atoms with Gasteiger partial charge in [-0.05, 0) is 27.8 Å². The Balaban J connectivity index is 2.14. The molecule has 3 rings (SSSR count). The fourth-order valence-electron chi connectivity index (χ4n) is 3.65. The number of benzene rings is 2. The van der Waals surface area contributed by atoms with Gasteiger partial charge in [0.05, 0.1) is 6.10 Å². The molecule has 0 N–H and O–H groups in total. The van der Waals surface area contributed by atoms with Gasteiger partial charge in [-0.25, -0.2) is 0 Å². The molecule has 0 aliphatic carbocycles. The molecule has 2 atom stereocenters. The summed E-state index contributed by atoms with van der Waals surface area (Å²) in [6.45, 7) is 9.28. The largest absolute Gasteiger partial charge is 0.404 e. The second-order valence-corrected chi connectivity index (χ2v) is 11.4. The fourth-order valence-corrected chi connectivity index (χ4v) is 8.45. The summed E-state index contributed by atoms with van der Waals surface area (Å²) in [6.07, 6.45) is 1.48. The Morgan fingerprint density at radius 3 is 1.68 bits per heavy atom. The van der Waals surface area contributed by atoms with E-state index in [2.05, 4.69) is 88.4 Å². The second-order valence-electron chi connectivity index (χ2n) is 7.58. The van der Waals surface area contributed by atoms with Crippen LogP contribution in [0.4, 0.5) is 0 Å². The third kappa shape index (κ3) is 2.55. The highest BCUT2D eigenvalue weighted by Gasteiger charge is 2.54. The zero-order chi connectivity index (χ0) is 15.8. The number of rotatable bonds is 2. The second kappa shape index (κ2) is 5.67. The van der Waals surface area contributed by atoms with Crippen molar-refractivity contribution in [2.45, 2.75) is 45.8 Å². The standard InChI is InChI=1S/C20H26OSi/c1-16-15-19(20(2,3)4)21-22(16,17-11-7-5-8-12-17)18-13-9-6-10-14-18/h5-14,16,19H,15H2,1-4H3/t16-,19+/m1/s1. The normalized spacial score (nSPS) is 24.4. The zero-order valence-corrected chi connectivity index (χ0v) is 15.0. The average molecular weight is 311 g/mol. The van der Waals surface area contributed by atoms with Crippen LogP contribution in [-0.2, 0) is 4.43 Å². The SMILES string of the molecule is C[C@@H]1C[C@@H](C(C)(C)C)O[Si]1(c1ccccc1)c1ccccc1. The van der Waals surface area contributed by atoms with Gasteiger partial charge < -0.3 is 4.43 Å². The van der Waals surface area contributed by atoms with Crippen molar-refractivity contribution < 1.29 is 4.43 Å². The highest BCUT2D eigenvalue weighted by molar-refractivity contribution is 6.98. The van der Waals surface area contributed by atoms with E-state index in [1.54, 1.807) is 0 Å². The number of hydrogen-bond donors (Lipinski definition) is 0. The predicted octanol–water partition coefficient (Wildman–Crippen LogP) is 3.97. The highest BCUT2D eigenvalue weighted by atomic mass is 28.4. The molecule has 0 amide bonds. The lowest BCUT2D eigenvalue weighted by Gasteiger charge is -2.34. The van der Waals surface area contributed by atoms with E-state index in [-0.39, 0.29) is 5.41 Å². The zero-order valence-electron chi connectivity index (χ0n) is 14.0. The van der Waals surface area contributed by atoms with Gasteiger partial charge in [-0.1, -0.05) is 88.4 Å². The van der Waals surface area contributed by atoms with Gasteiger partial charge >= 0.3 is 0 Å². The first kappa shape index (κ1) is 15.5. The van der Waals surface area contributed by atoms with Gasteiger partial charge in [0.2, 0.25) is 0 Å². The number of hydrogen-bond acceptors (Lipinski definition) is 1. The van der Waals surface area contributed by atoms with Crippen LogP contribution in [-0.4, -0.2) is 14.4 Å². The third-order valence-corrected chi connectivity index (χ3v) is 9.62. The fraction of sp³-hybridized carbons (Fsp3) is 0.400. The predicted molar refractivity (Wildman–Crippen MR) is 96.3 cm³/mol. The van der Waals surface area contributed by atoms with Gasteiger partial charge in [-0.15, -0.1) is 0 Å². The van der Waals surface area contributed by atoms with E-state index >= 15 is 0 Å². The monoisotopic (exact) mass is 310 g/mol. The van der Waals surface area contributed by atoms with E-state index in [0.717, 1.165) is 6.42 Å². The molecule has 22 heavy (non-hydrogen) atoms. The first-order valence-corrected chi connectivity index (χ1v) is 10.2. The van der Waals surface area contributed by atoms with Crippen molar-refractivity contribution >= 4 is 18.7 Å². The quantitative estimate of drug-likeness (QED) is 0.763. The molecule has 0 saturated carbocycles. The minimum Gasteiger partial charge on any atom is -0.404 e. The molecular weight excluding hydrogens is 284 g/mol. The minimum atomic E-state index is -2.16. The first-order valence-electron chi connectivity index (χ1n) is 8.23. The van der Waals surface area contributed by atoms with Crippen molar-refractivity contribution in [3.05, 3.63) is 60.7 Å². The molecule has 0 unspecified atom stereocenters. The molecule has 1 fully saturated rings. The summed E-state index contributed by atoms with van der Waals surface area (Å²) in [6, 6.07) is 21.8. The van der Waals surface area contributed by atoms with Crippen molar-refractivity contribution in [2.75, 3.05) is 0 Å². The van der Waals surface area contributed by atoms with Crippen LogP contribution < -0.4 is 10.4 Å². The Morgan fingerprint density at radius 1 is 0.864 bits per heavy atom. The average Bonchev–Trinajstić information content (AvgIpc) is 2.88. The molecule has 1 nitrogen and oxygen atoms in total. The lowest BCUT2D eigenvalue weighted by molar-refractivity contribution is 0.102. The van der Waals surface area contributed by atoms with Crippen molar-refractivity contribution in [1.29, 1.82) is 0 Å². The molecule has 0 radical (unpaired) electrons. The van der Waals surface area contributed by atoms with Crippen LogP contribution >= 0.6 is 0 Å². The van der Waals surface area contributed by atoms with Crippen molar-refractivity contribution in [3.8, 4) is 0 Å². The van der Waals surface area contributed by atoms with Gasteiger partial charge in [0, 0.05) is 0 Å². The van der Waals surface area contributed by atoms with Gasteiger partial charge in [0.25, 0.3) is 8.32 Å². The summed E-state index contributed by atoms with van der Waals surface area (Å²) in [5.74, 6) is 0. The van der Waals surface area contributed by atoms with Crippen LogP contribution in [0.15, 0.2) is 60.7 Å². The van der Waals surface area contributed by atoms with E-state index in [9.17, 15) is 0 Å². The molecule has 116 valence electrons. The summed E-state index contributed by atoms with van der Waals surface area (Å²) in [4.78, 5) is 0. The minimum absolute atomic E-state index is 0.187. The Morgan fingerprint density at radius 2 is 1.32 bits per heavy atom. The van der Waals surface area contributed by atoms with Crippen molar-refractivity contribution in [1.82, 2.24) is 0 Å². The van der Waals surface area contributed by atoms with Crippen LogP contribution in [0.2, 0.25) is 5.54 Å². The highest BCUT2D eigenvalue weighted by Crippen LogP contribution is 2.43. The third-order valence-electron chi connectivity index (χ3n) is 4.96. The summed E-state index contributed by atoms with van der Waals surface area (Å²) in [7, 11) is -2.16. The molecule has 2 aromatic carbocycles. The summed E-state index contributed by atoms with van der Waals surface area (Å²) in [5.41, 5.74) is 0.772. The molecule has 0 spiro atoms. The van der Waals surface area contributed by atoms with E-state index < -0.39 is 8.32 Å². The molecular formula is C20H26OSi. The molecule has 1 heterocycles. The first-order chi connectivity index (χ1) is 10.4. The van der Waals surface area contributed by atoms with Gasteiger partial charge in [-0.3, -0.25) is 0 Å². The summed E-state index contributed by atoms with van der Waals surface area (Å²) >= 11 is 0. The lowest BCUT2D eigenvalue weighted by atomic mass is 9.87. The van der Waals surface area contributed by atoms with Crippen LogP contribution in [0.3, 0.4) is 0 Å². The van der Waals surface area contributed by atoms with Gasteiger partial charge in [-0.2, -0.15) is 0 Å². The summed E-state index contributed by atoms with van der Waals surface area (Å²) in [5, 5.41) is 2.81. The maximum atomic E-state index is 6.94. The van der Waals surface area contributed by atoms with E-state index in [1.165, 1.54) is 10.4 Å². The Labute approximate surface area is 135 Å². The van der Waals surface area contributed by atoms with Crippen LogP contribution in [0.5, 0.6) is 0 Å². The van der Waals surface area contributed by atoms with E-state index in [4.69, 9.17) is 4.43 Å². The van der Waals surface area contributed by atoms with Gasteiger partial charge in [0.1, 0.15) is 0 Å². The van der Waals surface area contributed by atoms with Crippen LogP contribution in [0.25, 0.3) is 0 Å². The molecule has 2 aromatic rings. The van der Waals surface area contributed by atoms with Crippen LogP contribution in [0.1, 0.15) is 34.1 Å². The summed E-state index contributed by atoms with van der Waals surface area (Å²) < 4.78 is 6.94. The molecule has 1 aliphatic rings. The van der Waals surface area contributed by atoms with E-state index in [1.807, 2.05) is 0 Å². The Bertz CT molecular complexity index is 576. The lowest BCUT2D eigenvalue weighted by Crippen LogP contribution is -2.61. The molecule has 0 bridgehead atoms. The molecule has 1 saturated heterocycles. The van der Waals surface area contributed by atoms with E-state index in [0.29, 0.717) is 11.6 Å². The van der Waals surface area contributed by atoms with Crippen molar-refractivity contribution in [2.24, 2.45) is 5.41 Å². The Hall–Kier alpha value is -1.38. The topological polar surface area (TPSA) is 9.23 Å². The van der Waals surface area contributed by atoms with Crippen molar-refractivity contribution in [3.63, 3.8) is 0 Å². The molecule has 2 heteroatoms. The smallest absolute Gasteiger partial charge is 0.259 e. The Kier molecular flexibility index (Phi) is 4.00. The van der Waals surface area contributed by atoms with Crippen LogP contribution in [0, 0.1) is 5.41 Å². The maximum Gasteiger partial charge on any atom is 0.259 e. The molecule has 0 aromatic heterocycles. The molecule has 1 aliphatic heterocycles.